The molecule has 5 heteroatoms. The zero-order chi connectivity index (χ0) is 18.0. The summed E-state index contributed by atoms with van der Waals surface area (Å²) < 4.78 is 5.44. The largest absolute Gasteiger partial charge is 0.370 e. The summed E-state index contributed by atoms with van der Waals surface area (Å²) in [5.74, 6) is 1.45. The lowest BCUT2D eigenvalue weighted by Gasteiger charge is -2.24. The Balaban J connectivity index is 1.44. The Kier molecular flexibility index (Phi) is 7.55. The standard InChI is InChI=1S/C21H26N2O2S/c24-21(17-26-16-18-6-2-1-3-7-18)22-14-19-8-4-5-9-20(19)15-23-10-12-25-13-11-23/h1-9H,10-17H2,(H,22,24)/p+1. The fourth-order valence-corrected chi connectivity index (χ4v) is 3.91. The minimum atomic E-state index is 0.0967. The van der Waals surface area contributed by atoms with Crippen molar-refractivity contribution in [1.29, 1.82) is 0 Å². The van der Waals surface area contributed by atoms with E-state index >= 15 is 0 Å². The van der Waals surface area contributed by atoms with Gasteiger partial charge in [0.05, 0.1) is 19.0 Å². The van der Waals surface area contributed by atoms with E-state index in [4.69, 9.17) is 4.74 Å². The van der Waals surface area contributed by atoms with Gasteiger partial charge in [0.25, 0.3) is 0 Å². The van der Waals surface area contributed by atoms with E-state index in [2.05, 4.69) is 35.6 Å². The van der Waals surface area contributed by atoms with Gasteiger partial charge in [-0.25, -0.2) is 0 Å². The molecule has 2 N–H and O–H groups in total. The minimum absolute atomic E-state index is 0.0967. The third kappa shape index (κ3) is 6.16. The van der Waals surface area contributed by atoms with Crippen LogP contribution in [0.2, 0.25) is 0 Å². The van der Waals surface area contributed by atoms with E-state index in [9.17, 15) is 4.79 Å². The molecule has 0 saturated carbocycles. The summed E-state index contributed by atoms with van der Waals surface area (Å²) in [4.78, 5) is 13.7. The second kappa shape index (κ2) is 10.4. The molecule has 2 aromatic carbocycles. The summed E-state index contributed by atoms with van der Waals surface area (Å²) in [5.41, 5.74) is 3.79. The number of rotatable bonds is 8. The molecule has 1 fully saturated rings. The molecule has 1 aliphatic heterocycles. The average molecular weight is 372 g/mol. The fraction of sp³-hybridized carbons (Fsp3) is 0.381. The number of hydrogen-bond acceptors (Lipinski definition) is 3. The Morgan fingerprint density at radius 1 is 1.00 bits per heavy atom. The number of morpholine rings is 1. The Morgan fingerprint density at radius 3 is 2.46 bits per heavy atom. The first-order chi connectivity index (χ1) is 12.8. The molecule has 2 aromatic rings. The van der Waals surface area contributed by atoms with Crippen LogP contribution in [0.15, 0.2) is 54.6 Å². The second-order valence-electron chi connectivity index (χ2n) is 6.56. The lowest BCUT2D eigenvalue weighted by Crippen LogP contribution is -3.12. The van der Waals surface area contributed by atoms with Crippen LogP contribution in [0.3, 0.4) is 0 Å². The molecule has 0 aliphatic carbocycles. The van der Waals surface area contributed by atoms with Crippen molar-refractivity contribution in [2.24, 2.45) is 0 Å². The highest BCUT2D eigenvalue weighted by Crippen LogP contribution is 2.12. The molecule has 26 heavy (non-hydrogen) atoms. The van der Waals surface area contributed by atoms with Crippen LogP contribution in [0.4, 0.5) is 0 Å². The van der Waals surface area contributed by atoms with Gasteiger partial charge in [-0.3, -0.25) is 4.79 Å². The van der Waals surface area contributed by atoms with E-state index in [1.54, 1.807) is 16.7 Å². The van der Waals surface area contributed by atoms with Gasteiger partial charge < -0.3 is 15.0 Å². The van der Waals surface area contributed by atoms with Gasteiger partial charge in [-0.2, -0.15) is 0 Å². The molecule has 0 aromatic heterocycles. The van der Waals surface area contributed by atoms with Gasteiger partial charge in [-0.05, 0) is 11.1 Å². The van der Waals surface area contributed by atoms with Crippen molar-refractivity contribution < 1.29 is 14.4 Å². The molecule has 0 spiro atoms. The molecule has 1 amide bonds. The predicted molar refractivity (Wildman–Crippen MR) is 106 cm³/mol. The van der Waals surface area contributed by atoms with Crippen LogP contribution in [-0.2, 0) is 28.4 Å². The van der Waals surface area contributed by atoms with Crippen molar-refractivity contribution in [2.75, 3.05) is 32.1 Å². The minimum Gasteiger partial charge on any atom is -0.370 e. The van der Waals surface area contributed by atoms with Gasteiger partial charge in [-0.15, -0.1) is 11.8 Å². The van der Waals surface area contributed by atoms with Crippen LogP contribution in [0.25, 0.3) is 0 Å². The van der Waals surface area contributed by atoms with Crippen LogP contribution in [0.1, 0.15) is 16.7 Å². The summed E-state index contributed by atoms with van der Waals surface area (Å²) in [6, 6.07) is 18.7. The molecular formula is C21H27N2O2S+. The maximum absolute atomic E-state index is 12.2. The predicted octanol–water partition coefficient (Wildman–Crippen LogP) is 1.65. The highest BCUT2D eigenvalue weighted by Gasteiger charge is 2.16. The first-order valence-electron chi connectivity index (χ1n) is 9.18. The SMILES string of the molecule is O=C(CSCc1ccccc1)NCc1ccccc1C[NH+]1CCOCC1. The fourth-order valence-electron chi connectivity index (χ4n) is 3.09. The third-order valence-corrected chi connectivity index (χ3v) is 5.58. The molecule has 1 heterocycles. The lowest BCUT2D eigenvalue weighted by atomic mass is 10.1. The number of amides is 1. The maximum Gasteiger partial charge on any atom is 0.230 e. The Hall–Kier alpha value is -1.82. The van der Waals surface area contributed by atoms with Gasteiger partial charge in [-0.1, -0.05) is 54.6 Å². The number of carbonyl (C=O) groups excluding carboxylic acids is 1. The van der Waals surface area contributed by atoms with E-state index in [-0.39, 0.29) is 5.91 Å². The molecule has 0 unspecified atom stereocenters. The van der Waals surface area contributed by atoms with Crippen LogP contribution >= 0.6 is 11.8 Å². The van der Waals surface area contributed by atoms with Crippen LogP contribution < -0.4 is 10.2 Å². The number of quaternary nitrogens is 1. The Labute approximate surface area is 159 Å². The van der Waals surface area contributed by atoms with Crippen LogP contribution in [0, 0.1) is 0 Å². The van der Waals surface area contributed by atoms with Gasteiger partial charge >= 0.3 is 0 Å². The van der Waals surface area contributed by atoms with Crippen LogP contribution in [0.5, 0.6) is 0 Å². The Morgan fingerprint density at radius 2 is 1.69 bits per heavy atom. The van der Waals surface area contributed by atoms with E-state index in [0.29, 0.717) is 12.3 Å². The smallest absolute Gasteiger partial charge is 0.230 e. The normalized spacial score (nSPS) is 14.9. The van der Waals surface area contributed by atoms with Gasteiger partial charge in [0, 0.05) is 17.9 Å². The number of ether oxygens (including phenoxy) is 1. The molecule has 1 aliphatic rings. The molecule has 1 saturated heterocycles. The monoisotopic (exact) mass is 371 g/mol. The summed E-state index contributed by atoms with van der Waals surface area (Å²) in [6.07, 6.45) is 0. The summed E-state index contributed by atoms with van der Waals surface area (Å²) in [7, 11) is 0. The lowest BCUT2D eigenvalue weighted by molar-refractivity contribution is -0.921. The Bertz CT molecular complexity index is 687. The van der Waals surface area contributed by atoms with Crippen molar-refractivity contribution in [3.05, 3.63) is 71.3 Å². The summed E-state index contributed by atoms with van der Waals surface area (Å²) in [6.45, 7) is 5.39. The van der Waals surface area contributed by atoms with Crippen molar-refractivity contribution >= 4 is 17.7 Å². The van der Waals surface area contributed by atoms with E-state index in [0.717, 1.165) is 38.6 Å². The zero-order valence-electron chi connectivity index (χ0n) is 15.1. The van der Waals surface area contributed by atoms with E-state index in [1.165, 1.54) is 16.7 Å². The van der Waals surface area contributed by atoms with Crippen molar-refractivity contribution in [3.63, 3.8) is 0 Å². The molecule has 138 valence electrons. The second-order valence-corrected chi connectivity index (χ2v) is 7.55. The third-order valence-electron chi connectivity index (χ3n) is 4.58. The van der Waals surface area contributed by atoms with E-state index < -0.39 is 0 Å². The van der Waals surface area contributed by atoms with Crippen LogP contribution in [-0.4, -0.2) is 38.0 Å². The highest BCUT2D eigenvalue weighted by molar-refractivity contribution is 7.99. The van der Waals surface area contributed by atoms with E-state index in [1.807, 2.05) is 24.3 Å². The summed E-state index contributed by atoms with van der Waals surface area (Å²) >= 11 is 1.65. The first kappa shape index (κ1) is 19.0. The molecule has 0 atom stereocenters. The number of thioether (sulfide) groups is 1. The topological polar surface area (TPSA) is 42.8 Å². The number of hydrogen-bond donors (Lipinski definition) is 2. The van der Waals surface area contributed by atoms with Crippen molar-refractivity contribution in [1.82, 2.24) is 5.32 Å². The van der Waals surface area contributed by atoms with Crippen molar-refractivity contribution in [3.8, 4) is 0 Å². The quantitative estimate of drug-likeness (QED) is 0.742. The molecule has 0 bridgehead atoms. The van der Waals surface area contributed by atoms with Crippen molar-refractivity contribution in [2.45, 2.75) is 18.8 Å². The number of nitrogens with one attached hydrogen (secondary N) is 2. The van der Waals surface area contributed by atoms with Gasteiger partial charge in [0.15, 0.2) is 0 Å². The first-order valence-corrected chi connectivity index (χ1v) is 10.3. The molecule has 3 rings (SSSR count). The van der Waals surface area contributed by atoms with Gasteiger partial charge in [0.2, 0.25) is 5.91 Å². The molecular weight excluding hydrogens is 344 g/mol. The zero-order valence-corrected chi connectivity index (χ0v) is 15.9. The highest BCUT2D eigenvalue weighted by atomic mass is 32.2. The number of carbonyl (C=O) groups is 1. The maximum atomic E-state index is 12.2. The number of benzene rings is 2. The molecule has 4 nitrogen and oxygen atoms in total. The van der Waals surface area contributed by atoms with Gasteiger partial charge in [0.1, 0.15) is 19.6 Å². The average Bonchev–Trinajstić information content (AvgIpc) is 2.69. The summed E-state index contributed by atoms with van der Waals surface area (Å²) in [5, 5.41) is 3.07. The molecule has 0 radical (unpaired) electrons.